The highest BCUT2D eigenvalue weighted by Crippen LogP contribution is 2.27. The molecular weight excluding hydrogens is 342 g/mol. The van der Waals surface area contributed by atoms with Crippen molar-refractivity contribution in [2.75, 3.05) is 25.1 Å². The molecule has 27 heavy (non-hydrogen) atoms. The predicted octanol–water partition coefficient (Wildman–Crippen LogP) is 4.53. The lowest BCUT2D eigenvalue weighted by Gasteiger charge is -2.16. The summed E-state index contributed by atoms with van der Waals surface area (Å²) in [5.74, 6) is 1.39. The van der Waals surface area contributed by atoms with Crippen LogP contribution in [0, 0.1) is 5.92 Å². The molecule has 2 aromatic carbocycles. The zero-order valence-corrected chi connectivity index (χ0v) is 15.9. The smallest absolute Gasteiger partial charge is 0.259 e. The third kappa shape index (κ3) is 5.47. The van der Waals surface area contributed by atoms with Gasteiger partial charge in [-0.05, 0) is 43.0 Å². The molecule has 1 unspecified atom stereocenters. The zero-order valence-electron chi connectivity index (χ0n) is 15.9. The first kappa shape index (κ1) is 19.2. The van der Waals surface area contributed by atoms with Crippen LogP contribution in [0.15, 0.2) is 48.5 Å². The number of hydrogen-bond donors (Lipinski definition) is 1. The number of carbonyl (C=O) groups excluding carboxylic acids is 1. The molecule has 1 atom stereocenters. The molecule has 2 aromatic rings. The van der Waals surface area contributed by atoms with Crippen molar-refractivity contribution in [2.24, 2.45) is 5.92 Å². The highest BCUT2D eigenvalue weighted by atomic mass is 16.5. The van der Waals surface area contributed by atoms with Crippen LogP contribution in [-0.2, 0) is 4.74 Å². The predicted molar refractivity (Wildman–Crippen MR) is 106 cm³/mol. The van der Waals surface area contributed by atoms with Crippen LogP contribution in [0.4, 0.5) is 5.69 Å². The van der Waals surface area contributed by atoms with Gasteiger partial charge in [0.15, 0.2) is 0 Å². The fraction of sp³-hybridized carbons (Fsp3) is 0.409. The molecule has 0 radical (unpaired) electrons. The lowest BCUT2D eigenvalue weighted by molar-refractivity contribution is 0.0682. The number of carbonyl (C=O) groups is 1. The summed E-state index contributed by atoms with van der Waals surface area (Å²) in [6.07, 6.45) is 2.20. The van der Waals surface area contributed by atoms with E-state index in [1.807, 2.05) is 42.5 Å². The summed E-state index contributed by atoms with van der Waals surface area (Å²) >= 11 is 0. The van der Waals surface area contributed by atoms with Crippen LogP contribution < -0.4 is 14.8 Å². The Morgan fingerprint density at radius 2 is 1.85 bits per heavy atom. The summed E-state index contributed by atoms with van der Waals surface area (Å²) in [6.45, 7) is 5.99. The average Bonchev–Trinajstić information content (AvgIpc) is 3.19. The molecular formula is C22H27NO4. The maximum absolute atomic E-state index is 12.8. The Morgan fingerprint density at radius 3 is 2.59 bits per heavy atom. The highest BCUT2D eigenvalue weighted by Gasteiger charge is 2.18. The molecule has 3 rings (SSSR count). The van der Waals surface area contributed by atoms with E-state index >= 15 is 0 Å². The van der Waals surface area contributed by atoms with E-state index in [1.54, 1.807) is 6.07 Å². The van der Waals surface area contributed by atoms with Crippen LogP contribution >= 0.6 is 0 Å². The number of para-hydroxylation sites is 3. The van der Waals surface area contributed by atoms with Crippen LogP contribution in [0.2, 0.25) is 0 Å². The molecule has 1 amide bonds. The third-order valence-electron chi connectivity index (χ3n) is 4.29. The van der Waals surface area contributed by atoms with Crippen molar-refractivity contribution in [3.05, 3.63) is 54.1 Å². The Hall–Kier alpha value is -2.53. The summed E-state index contributed by atoms with van der Waals surface area (Å²) in [7, 11) is 0. The lowest BCUT2D eigenvalue weighted by Crippen LogP contribution is -2.18. The largest absolute Gasteiger partial charge is 0.492 e. The SMILES string of the molecule is CC(C)COc1ccccc1C(=O)Nc1ccccc1OCC1CCCO1. The Kier molecular flexibility index (Phi) is 6.71. The molecule has 144 valence electrons. The molecule has 0 spiro atoms. The van der Waals surface area contributed by atoms with Gasteiger partial charge in [0, 0.05) is 6.61 Å². The first-order chi connectivity index (χ1) is 13.1. The lowest BCUT2D eigenvalue weighted by atomic mass is 10.1. The Morgan fingerprint density at radius 1 is 1.11 bits per heavy atom. The fourth-order valence-electron chi connectivity index (χ4n) is 2.88. The number of amides is 1. The van der Waals surface area contributed by atoms with Gasteiger partial charge in [0.05, 0.1) is 24.0 Å². The molecule has 1 aliphatic rings. The third-order valence-corrected chi connectivity index (χ3v) is 4.29. The second-order valence-electron chi connectivity index (χ2n) is 7.10. The summed E-state index contributed by atoms with van der Waals surface area (Å²) in [6, 6.07) is 14.7. The van der Waals surface area contributed by atoms with Gasteiger partial charge in [-0.1, -0.05) is 38.1 Å². The number of nitrogens with one attached hydrogen (secondary N) is 1. The molecule has 5 heteroatoms. The first-order valence-electron chi connectivity index (χ1n) is 9.50. The Bertz CT molecular complexity index is 753. The second kappa shape index (κ2) is 9.42. The molecule has 0 bridgehead atoms. The van der Waals surface area contributed by atoms with E-state index in [9.17, 15) is 4.79 Å². The van der Waals surface area contributed by atoms with Gasteiger partial charge in [-0.25, -0.2) is 0 Å². The van der Waals surface area contributed by atoms with E-state index in [-0.39, 0.29) is 12.0 Å². The highest BCUT2D eigenvalue weighted by molar-refractivity contribution is 6.06. The van der Waals surface area contributed by atoms with Gasteiger partial charge in [-0.15, -0.1) is 0 Å². The van der Waals surface area contributed by atoms with Crippen LogP contribution in [0.3, 0.4) is 0 Å². The molecule has 0 aliphatic carbocycles. The van der Waals surface area contributed by atoms with E-state index in [4.69, 9.17) is 14.2 Å². The van der Waals surface area contributed by atoms with E-state index in [0.29, 0.717) is 41.9 Å². The van der Waals surface area contributed by atoms with Gasteiger partial charge >= 0.3 is 0 Å². The summed E-state index contributed by atoms with van der Waals surface area (Å²) in [5, 5.41) is 2.95. The van der Waals surface area contributed by atoms with Gasteiger partial charge in [0.25, 0.3) is 5.91 Å². The van der Waals surface area contributed by atoms with Gasteiger partial charge < -0.3 is 19.5 Å². The Labute approximate surface area is 160 Å². The summed E-state index contributed by atoms with van der Waals surface area (Å²) in [4.78, 5) is 12.8. The van der Waals surface area contributed by atoms with Crippen molar-refractivity contribution in [1.82, 2.24) is 0 Å². The van der Waals surface area contributed by atoms with E-state index in [2.05, 4.69) is 19.2 Å². The monoisotopic (exact) mass is 369 g/mol. The van der Waals surface area contributed by atoms with Gasteiger partial charge in [0.1, 0.15) is 18.1 Å². The number of anilines is 1. The average molecular weight is 369 g/mol. The minimum absolute atomic E-state index is 0.124. The van der Waals surface area contributed by atoms with Crippen molar-refractivity contribution >= 4 is 11.6 Å². The molecule has 0 aromatic heterocycles. The molecule has 1 N–H and O–H groups in total. The normalized spacial score (nSPS) is 16.3. The molecule has 1 saturated heterocycles. The van der Waals surface area contributed by atoms with Crippen LogP contribution in [0.5, 0.6) is 11.5 Å². The summed E-state index contributed by atoms with van der Waals surface area (Å²) in [5.41, 5.74) is 1.14. The van der Waals surface area contributed by atoms with Crippen molar-refractivity contribution in [3.8, 4) is 11.5 Å². The standard InChI is InChI=1S/C22H27NO4/c1-16(2)14-26-20-11-5-3-9-18(20)22(24)23-19-10-4-6-12-21(19)27-15-17-8-7-13-25-17/h3-6,9-12,16-17H,7-8,13-15H2,1-2H3,(H,23,24). The van der Waals surface area contributed by atoms with E-state index < -0.39 is 0 Å². The van der Waals surface area contributed by atoms with Crippen LogP contribution in [-0.4, -0.2) is 31.8 Å². The topological polar surface area (TPSA) is 56.8 Å². The quantitative estimate of drug-likeness (QED) is 0.743. The molecule has 1 heterocycles. The second-order valence-corrected chi connectivity index (χ2v) is 7.10. The van der Waals surface area contributed by atoms with Crippen molar-refractivity contribution in [1.29, 1.82) is 0 Å². The maximum atomic E-state index is 12.8. The zero-order chi connectivity index (χ0) is 19.1. The Balaban J connectivity index is 1.69. The van der Waals surface area contributed by atoms with E-state index in [1.165, 1.54) is 0 Å². The van der Waals surface area contributed by atoms with E-state index in [0.717, 1.165) is 19.4 Å². The van der Waals surface area contributed by atoms with Crippen molar-refractivity contribution in [3.63, 3.8) is 0 Å². The molecule has 1 fully saturated rings. The van der Waals surface area contributed by atoms with Gasteiger partial charge in [-0.3, -0.25) is 4.79 Å². The number of ether oxygens (including phenoxy) is 3. The van der Waals surface area contributed by atoms with Gasteiger partial charge in [0.2, 0.25) is 0 Å². The molecule has 0 saturated carbocycles. The first-order valence-corrected chi connectivity index (χ1v) is 9.50. The molecule has 1 aliphatic heterocycles. The van der Waals surface area contributed by atoms with Gasteiger partial charge in [-0.2, -0.15) is 0 Å². The van der Waals surface area contributed by atoms with Crippen LogP contribution in [0.25, 0.3) is 0 Å². The van der Waals surface area contributed by atoms with Crippen molar-refractivity contribution < 1.29 is 19.0 Å². The number of hydrogen-bond acceptors (Lipinski definition) is 4. The maximum Gasteiger partial charge on any atom is 0.259 e. The molecule has 5 nitrogen and oxygen atoms in total. The van der Waals surface area contributed by atoms with Crippen LogP contribution in [0.1, 0.15) is 37.0 Å². The fourth-order valence-corrected chi connectivity index (χ4v) is 2.88. The number of benzene rings is 2. The number of rotatable bonds is 8. The summed E-state index contributed by atoms with van der Waals surface area (Å²) < 4.78 is 17.3. The van der Waals surface area contributed by atoms with Crippen molar-refractivity contribution in [2.45, 2.75) is 32.8 Å². The minimum atomic E-state index is -0.220. The minimum Gasteiger partial charge on any atom is -0.492 e.